The maximum Gasteiger partial charge on any atom is 0.647 e. The molecule has 0 radical (unpaired) electrons. The summed E-state index contributed by atoms with van der Waals surface area (Å²) in [6.45, 7) is 0. The van der Waals surface area contributed by atoms with Crippen molar-refractivity contribution in [3.05, 3.63) is 33.9 Å². The van der Waals surface area contributed by atoms with Gasteiger partial charge in [0.25, 0.3) is 17.7 Å². The summed E-state index contributed by atoms with van der Waals surface area (Å²) in [4.78, 5) is 39.6. The zero-order chi connectivity index (χ0) is 22.9. The summed E-state index contributed by atoms with van der Waals surface area (Å²) >= 11 is 16.7. The first kappa shape index (κ1) is 27.1. The van der Waals surface area contributed by atoms with Crippen LogP contribution in [0.1, 0.15) is 0 Å². The van der Waals surface area contributed by atoms with Crippen molar-refractivity contribution in [2.75, 3.05) is 42.3 Å². The molecule has 0 aromatic rings. The Hall–Kier alpha value is -1.87. The lowest BCUT2D eigenvalue weighted by molar-refractivity contribution is -0.127. The Morgan fingerprint density at radius 2 is 0.828 bits per heavy atom. The van der Waals surface area contributed by atoms with Crippen molar-refractivity contribution in [2.24, 2.45) is 0 Å². The Bertz CT molecular complexity index is 679. The second kappa shape index (κ2) is 12.0. The van der Waals surface area contributed by atoms with Gasteiger partial charge in [-0.3, -0.25) is 14.4 Å². The fraction of sp³-hybridized carbons (Fsp3) is 0.400. The van der Waals surface area contributed by atoms with E-state index in [4.69, 9.17) is 48.4 Å². The van der Waals surface area contributed by atoms with E-state index in [-0.39, 0.29) is 0 Å². The number of hydrogen-bond acceptors (Lipinski definition) is 7. The molecule has 0 fully saturated rings. The van der Waals surface area contributed by atoms with Crippen LogP contribution in [0.4, 0.5) is 0 Å². The molecule has 0 unspecified atom stereocenters. The van der Waals surface area contributed by atoms with Gasteiger partial charge in [0.1, 0.15) is 0 Å². The summed E-state index contributed by atoms with van der Waals surface area (Å²) in [5, 5.41) is 0. The lowest BCUT2D eigenvalue weighted by atomic mass is 10.5. The van der Waals surface area contributed by atoms with Gasteiger partial charge in [-0.25, -0.2) is 0 Å². The highest BCUT2D eigenvalue weighted by atomic mass is 35.5. The first-order valence-corrected chi connectivity index (χ1v) is 10.3. The number of hydrogen-bond donors (Lipinski definition) is 0. The molecule has 0 spiro atoms. The van der Waals surface area contributed by atoms with E-state index >= 15 is 0 Å². The smallest absolute Gasteiger partial charge is 0.379 e. The molecule has 0 aliphatic heterocycles. The van der Waals surface area contributed by atoms with E-state index in [0.29, 0.717) is 16.6 Å². The molecule has 14 heteroatoms. The first-order chi connectivity index (χ1) is 13.3. The molecule has 0 aromatic carbocycles. The molecular formula is C15H21Cl3N3O7P. The summed E-state index contributed by atoms with van der Waals surface area (Å²) in [5.74, 6) is -4.39. The van der Waals surface area contributed by atoms with Gasteiger partial charge in [-0.2, -0.15) is 4.57 Å². The molecule has 0 aliphatic carbocycles. The number of phosphoric acid groups is 1. The summed E-state index contributed by atoms with van der Waals surface area (Å²) in [6, 6.07) is 0. The van der Waals surface area contributed by atoms with Gasteiger partial charge in [0.15, 0.2) is 0 Å². The minimum Gasteiger partial charge on any atom is -0.379 e. The van der Waals surface area contributed by atoms with Crippen LogP contribution in [0.25, 0.3) is 0 Å². The molecule has 29 heavy (non-hydrogen) atoms. The number of carbonyl (C=O) groups is 3. The van der Waals surface area contributed by atoms with E-state index in [9.17, 15) is 18.9 Å². The van der Waals surface area contributed by atoms with Gasteiger partial charge in [-0.15, -0.1) is 0 Å². The quantitative estimate of drug-likeness (QED) is 0.277. The summed E-state index contributed by atoms with van der Waals surface area (Å²) in [5.41, 5.74) is 2.03. The second-order valence-corrected chi connectivity index (χ2v) is 7.84. The standard InChI is InChI=1S/C15H21Cl3N3O7P/c1-19(2)13(22)10(7-16)26-29(25,27-11(8-17)14(23)20(3)4)28-12(9-18)15(24)21(5)6/h7-9H,1-6H3/b10-7+,11-8+,12-9+. The zero-order valence-corrected chi connectivity index (χ0v) is 19.7. The van der Waals surface area contributed by atoms with Crippen molar-refractivity contribution < 1.29 is 32.5 Å². The van der Waals surface area contributed by atoms with Crippen LogP contribution in [0.5, 0.6) is 0 Å². The molecule has 3 amide bonds. The Balaban J connectivity index is 6.17. The highest BCUT2D eigenvalue weighted by Crippen LogP contribution is 2.55. The van der Waals surface area contributed by atoms with Gasteiger partial charge in [0.2, 0.25) is 17.3 Å². The molecule has 0 aromatic heterocycles. The second-order valence-electron chi connectivity index (χ2n) is 5.74. The van der Waals surface area contributed by atoms with Crippen molar-refractivity contribution >= 4 is 60.3 Å². The van der Waals surface area contributed by atoms with Gasteiger partial charge in [-0.1, -0.05) is 34.8 Å². The maximum atomic E-state index is 13.2. The van der Waals surface area contributed by atoms with Gasteiger partial charge < -0.3 is 28.3 Å². The SMILES string of the molecule is CN(C)C(=O)/C(=C\Cl)OP(=O)(O/C(=C/Cl)C(=O)N(C)C)O/C(=C/Cl)C(=O)N(C)C. The number of halogens is 3. The third kappa shape index (κ3) is 8.18. The summed E-state index contributed by atoms with van der Waals surface area (Å²) < 4.78 is 28.4. The number of phosphoric ester groups is 1. The molecule has 164 valence electrons. The molecule has 0 heterocycles. The average molecular weight is 493 g/mol. The number of carbonyl (C=O) groups excluding carboxylic acids is 3. The fourth-order valence-corrected chi connectivity index (χ4v) is 3.22. The number of nitrogens with zero attached hydrogens (tertiary/aromatic N) is 3. The van der Waals surface area contributed by atoms with Crippen LogP contribution >= 0.6 is 42.6 Å². The summed E-state index contributed by atoms with van der Waals surface area (Å²) in [6.07, 6.45) is 0. The number of rotatable bonds is 9. The van der Waals surface area contributed by atoms with Gasteiger partial charge in [0, 0.05) is 42.3 Å². The number of amides is 3. The monoisotopic (exact) mass is 491 g/mol. The minimum atomic E-state index is -4.92. The molecular weight excluding hydrogens is 472 g/mol. The van der Waals surface area contributed by atoms with E-state index in [1.165, 1.54) is 42.3 Å². The molecule has 0 saturated carbocycles. The minimum absolute atomic E-state index is 0.655. The van der Waals surface area contributed by atoms with Crippen LogP contribution in [0, 0.1) is 0 Å². The molecule has 0 bridgehead atoms. The Morgan fingerprint density at radius 3 is 0.966 bits per heavy atom. The van der Waals surface area contributed by atoms with E-state index in [2.05, 4.69) is 0 Å². The van der Waals surface area contributed by atoms with Crippen molar-refractivity contribution in [3.8, 4) is 0 Å². The predicted molar refractivity (Wildman–Crippen MR) is 109 cm³/mol. The Morgan fingerprint density at radius 1 is 0.621 bits per heavy atom. The van der Waals surface area contributed by atoms with Crippen molar-refractivity contribution in [1.29, 1.82) is 0 Å². The van der Waals surface area contributed by atoms with E-state index < -0.39 is 42.8 Å². The van der Waals surface area contributed by atoms with Gasteiger partial charge >= 0.3 is 7.82 Å². The molecule has 0 aliphatic rings. The Labute approximate surface area is 183 Å². The molecule has 0 atom stereocenters. The average Bonchev–Trinajstić information content (AvgIpc) is 2.66. The van der Waals surface area contributed by atoms with Crippen molar-refractivity contribution in [2.45, 2.75) is 0 Å². The lowest BCUT2D eigenvalue weighted by Crippen LogP contribution is -2.27. The van der Waals surface area contributed by atoms with Crippen LogP contribution in [-0.4, -0.2) is 74.7 Å². The normalized spacial score (nSPS) is 12.8. The Kier molecular flexibility index (Phi) is 11.2. The molecule has 0 rings (SSSR count). The lowest BCUT2D eigenvalue weighted by Gasteiger charge is -2.23. The fourth-order valence-electron chi connectivity index (χ4n) is 1.40. The van der Waals surface area contributed by atoms with E-state index in [0.717, 1.165) is 14.7 Å². The van der Waals surface area contributed by atoms with Crippen molar-refractivity contribution in [3.63, 3.8) is 0 Å². The highest BCUT2D eigenvalue weighted by Gasteiger charge is 2.40. The van der Waals surface area contributed by atoms with Crippen LogP contribution in [0.3, 0.4) is 0 Å². The predicted octanol–water partition coefficient (Wildman–Crippen LogP) is 2.65. The highest BCUT2D eigenvalue weighted by molar-refractivity contribution is 7.49. The number of likely N-dealkylation sites (N-methyl/N-ethyl adjacent to an activating group) is 3. The molecule has 10 nitrogen and oxygen atoms in total. The topological polar surface area (TPSA) is 106 Å². The van der Waals surface area contributed by atoms with Crippen molar-refractivity contribution in [1.82, 2.24) is 14.7 Å². The van der Waals surface area contributed by atoms with Crippen LogP contribution in [0.15, 0.2) is 33.9 Å². The molecule has 0 N–H and O–H groups in total. The van der Waals surface area contributed by atoms with Crippen LogP contribution in [0.2, 0.25) is 0 Å². The largest absolute Gasteiger partial charge is 0.647 e. The third-order valence-corrected chi connectivity index (χ3v) is 4.63. The first-order valence-electron chi connectivity index (χ1n) is 7.58. The van der Waals surface area contributed by atoms with E-state index in [1.807, 2.05) is 0 Å². The van der Waals surface area contributed by atoms with Gasteiger partial charge in [-0.05, 0) is 0 Å². The summed E-state index contributed by atoms with van der Waals surface area (Å²) in [7, 11) is 3.32. The van der Waals surface area contributed by atoms with Crippen LogP contribution in [-0.2, 0) is 32.5 Å². The third-order valence-electron chi connectivity index (χ3n) is 2.78. The van der Waals surface area contributed by atoms with Crippen LogP contribution < -0.4 is 0 Å². The maximum absolute atomic E-state index is 13.2. The van der Waals surface area contributed by atoms with Gasteiger partial charge in [0.05, 0.1) is 16.6 Å². The molecule has 0 saturated heterocycles. The van der Waals surface area contributed by atoms with E-state index in [1.54, 1.807) is 0 Å². The zero-order valence-electron chi connectivity index (χ0n) is 16.5.